The smallest absolute Gasteiger partial charge is 0.284 e. The van der Waals surface area contributed by atoms with Crippen molar-refractivity contribution in [3.63, 3.8) is 0 Å². The molecule has 8 heteroatoms. The zero-order valence-corrected chi connectivity index (χ0v) is 16.0. The molecule has 28 heavy (non-hydrogen) atoms. The van der Waals surface area contributed by atoms with Gasteiger partial charge < -0.3 is 9.47 Å². The number of aromatic amines is 1. The van der Waals surface area contributed by atoms with E-state index < -0.39 is 0 Å². The second-order valence-electron chi connectivity index (χ2n) is 6.35. The summed E-state index contributed by atoms with van der Waals surface area (Å²) < 4.78 is 12.0. The number of nitrogens with zero attached hydrogens (tertiary/aromatic N) is 4. The number of methoxy groups -OCH3 is 2. The van der Waals surface area contributed by atoms with E-state index in [0.29, 0.717) is 28.5 Å². The highest BCUT2D eigenvalue weighted by Gasteiger charge is 2.17. The predicted octanol–water partition coefficient (Wildman–Crippen LogP) is 2.80. The van der Waals surface area contributed by atoms with Gasteiger partial charge in [0.1, 0.15) is 0 Å². The topological polar surface area (TPSA) is 94.9 Å². The van der Waals surface area contributed by atoms with Crippen LogP contribution < -0.4 is 15.0 Å². The summed E-state index contributed by atoms with van der Waals surface area (Å²) in [5, 5.41) is 3.46. The minimum Gasteiger partial charge on any atom is -0.493 e. The largest absolute Gasteiger partial charge is 0.493 e. The number of aryl methyl sites for hydroxylation is 2. The number of hydrogen-bond donors (Lipinski definition) is 1. The van der Waals surface area contributed by atoms with Crippen molar-refractivity contribution in [3.8, 4) is 28.6 Å². The number of H-pyrrole nitrogens is 1. The number of ether oxygens (including phenoxy) is 2. The van der Waals surface area contributed by atoms with Gasteiger partial charge >= 0.3 is 0 Å². The van der Waals surface area contributed by atoms with Crippen LogP contribution in [0.4, 0.5) is 0 Å². The van der Waals surface area contributed by atoms with E-state index in [1.165, 1.54) is 4.68 Å². The summed E-state index contributed by atoms with van der Waals surface area (Å²) in [5.41, 5.74) is 3.30. The number of nitrogens with one attached hydrogen (secondary N) is 1. The number of fused-ring (bicyclic) bond motifs is 1. The molecule has 0 fully saturated rings. The van der Waals surface area contributed by atoms with Crippen LogP contribution in [0.5, 0.6) is 11.5 Å². The van der Waals surface area contributed by atoms with Gasteiger partial charge in [0.25, 0.3) is 11.5 Å². The average molecular weight is 377 g/mol. The second kappa shape index (κ2) is 6.80. The highest BCUT2D eigenvalue weighted by molar-refractivity contribution is 5.92. The molecule has 0 bridgehead atoms. The molecular weight excluding hydrogens is 358 g/mol. The van der Waals surface area contributed by atoms with Crippen LogP contribution in [0.2, 0.25) is 0 Å². The van der Waals surface area contributed by atoms with Gasteiger partial charge in [-0.15, -0.1) is 0 Å². The third-order valence-electron chi connectivity index (χ3n) is 4.45. The first kappa shape index (κ1) is 17.7. The second-order valence-corrected chi connectivity index (χ2v) is 6.35. The van der Waals surface area contributed by atoms with Crippen molar-refractivity contribution in [2.45, 2.75) is 13.8 Å². The molecule has 0 aliphatic heterocycles. The van der Waals surface area contributed by atoms with Crippen LogP contribution in [0.3, 0.4) is 0 Å². The van der Waals surface area contributed by atoms with Gasteiger partial charge in [-0.2, -0.15) is 4.68 Å². The van der Waals surface area contributed by atoms with Crippen LogP contribution in [0.1, 0.15) is 11.4 Å². The fourth-order valence-corrected chi connectivity index (χ4v) is 3.22. The number of hydrogen-bond acceptors (Lipinski definition) is 6. The van der Waals surface area contributed by atoms with Gasteiger partial charge in [0.2, 0.25) is 0 Å². The van der Waals surface area contributed by atoms with Crippen LogP contribution in [-0.2, 0) is 0 Å². The summed E-state index contributed by atoms with van der Waals surface area (Å²) in [4.78, 5) is 26.2. The van der Waals surface area contributed by atoms with Crippen molar-refractivity contribution in [3.05, 3.63) is 58.3 Å². The van der Waals surface area contributed by atoms with E-state index in [2.05, 4.69) is 20.1 Å². The Morgan fingerprint density at radius 3 is 2.36 bits per heavy atom. The van der Waals surface area contributed by atoms with E-state index in [-0.39, 0.29) is 5.56 Å². The standard InChI is InChI=1S/C20H19N5O3/c1-11-9-12(2)23-20(22-11)25-19(26)17-14(7-8-21-18(17)24-25)13-5-6-15(27-3)16(10-13)28-4/h5-10H,1-4H3,(H,21,24). The fourth-order valence-electron chi connectivity index (χ4n) is 3.22. The van der Waals surface area contributed by atoms with Gasteiger partial charge in [0, 0.05) is 17.6 Å². The minimum absolute atomic E-state index is 0.266. The average Bonchev–Trinajstić information content (AvgIpc) is 3.03. The van der Waals surface area contributed by atoms with E-state index >= 15 is 0 Å². The van der Waals surface area contributed by atoms with Gasteiger partial charge in [0.15, 0.2) is 17.1 Å². The third-order valence-corrected chi connectivity index (χ3v) is 4.45. The van der Waals surface area contributed by atoms with Crippen molar-refractivity contribution in [2.75, 3.05) is 14.2 Å². The number of rotatable bonds is 4. The highest BCUT2D eigenvalue weighted by Crippen LogP contribution is 2.34. The zero-order valence-electron chi connectivity index (χ0n) is 16.0. The molecule has 0 spiro atoms. The minimum atomic E-state index is -0.266. The lowest BCUT2D eigenvalue weighted by Crippen LogP contribution is -2.18. The van der Waals surface area contributed by atoms with E-state index in [1.807, 2.05) is 32.0 Å². The molecule has 1 aromatic carbocycles. The Balaban J connectivity index is 1.95. The predicted molar refractivity (Wildman–Crippen MR) is 105 cm³/mol. The Labute approximate surface area is 160 Å². The van der Waals surface area contributed by atoms with Crippen molar-refractivity contribution in [1.29, 1.82) is 0 Å². The van der Waals surface area contributed by atoms with Crippen molar-refractivity contribution < 1.29 is 9.47 Å². The lowest BCUT2D eigenvalue weighted by molar-refractivity contribution is 0.355. The number of pyridine rings is 1. The van der Waals surface area contributed by atoms with E-state index in [4.69, 9.17) is 9.47 Å². The Morgan fingerprint density at radius 2 is 1.68 bits per heavy atom. The Hall–Kier alpha value is -3.68. The molecule has 3 heterocycles. The molecule has 0 aliphatic rings. The lowest BCUT2D eigenvalue weighted by atomic mass is 10.0. The van der Waals surface area contributed by atoms with E-state index in [9.17, 15) is 4.79 Å². The summed E-state index contributed by atoms with van der Waals surface area (Å²) in [5.74, 6) is 1.49. The molecular formula is C20H19N5O3. The van der Waals surface area contributed by atoms with Crippen LogP contribution >= 0.6 is 0 Å². The summed E-state index contributed by atoms with van der Waals surface area (Å²) in [6.45, 7) is 3.72. The lowest BCUT2D eigenvalue weighted by Gasteiger charge is -2.09. The summed E-state index contributed by atoms with van der Waals surface area (Å²) in [6.07, 6.45) is 1.65. The van der Waals surface area contributed by atoms with Gasteiger partial charge in [-0.3, -0.25) is 9.89 Å². The molecule has 0 aliphatic carbocycles. The molecule has 4 rings (SSSR count). The van der Waals surface area contributed by atoms with Gasteiger partial charge in [-0.1, -0.05) is 6.07 Å². The van der Waals surface area contributed by atoms with E-state index in [0.717, 1.165) is 22.5 Å². The quantitative estimate of drug-likeness (QED) is 0.588. The highest BCUT2D eigenvalue weighted by atomic mass is 16.5. The van der Waals surface area contributed by atoms with Crippen molar-refractivity contribution in [2.24, 2.45) is 0 Å². The first-order chi connectivity index (χ1) is 13.5. The monoisotopic (exact) mass is 377 g/mol. The molecule has 0 atom stereocenters. The summed E-state index contributed by atoms with van der Waals surface area (Å²) in [6, 6.07) is 9.16. The molecule has 4 aromatic rings. The maximum Gasteiger partial charge on any atom is 0.284 e. The van der Waals surface area contributed by atoms with Crippen LogP contribution in [0, 0.1) is 13.8 Å². The first-order valence-electron chi connectivity index (χ1n) is 8.66. The Bertz CT molecular complexity index is 1220. The molecule has 1 N–H and O–H groups in total. The van der Waals surface area contributed by atoms with Crippen LogP contribution in [-0.4, -0.2) is 39.0 Å². The third kappa shape index (κ3) is 2.88. The van der Waals surface area contributed by atoms with Gasteiger partial charge in [-0.05, 0) is 49.2 Å². The molecule has 3 aromatic heterocycles. The summed E-state index contributed by atoms with van der Waals surface area (Å²) >= 11 is 0. The first-order valence-corrected chi connectivity index (χ1v) is 8.66. The molecule has 0 saturated carbocycles. The Morgan fingerprint density at radius 1 is 0.964 bits per heavy atom. The van der Waals surface area contributed by atoms with Gasteiger partial charge in [0.05, 0.1) is 19.6 Å². The van der Waals surface area contributed by atoms with Crippen molar-refractivity contribution in [1.82, 2.24) is 24.7 Å². The molecule has 0 amide bonds. The van der Waals surface area contributed by atoms with Crippen LogP contribution in [0.15, 0.2) is 41.3 Å². The SMILES string of the molecule is COc1ccc(-c2ccnc3[nH]n(-c4nc(C)cc(C)n4)c(=O)c23)cc1OC. The molecule has 142 valence electrons. The maximum atomic E-state index is 13.2. The van der Waals surface area contributed by atoms with Gasteiger partial charge in [-0.25, -0.2) is 15.0 Å². The molecule has 8 nitrogen and oxygen atoms in total. The fraction of sp³-hybridized carbons (Fsp3) is 0.200. The zero-order chi connectivity index (χ0) is 19.8. The normalized spacial score (nSPS) is 11.0. The number of aromatic nitrogens is 5. The summed E-state index contributed by atoms with van der Waals surface area (Å²) in [7, 11) is 3.15. The number of benzene rings is 1. The molecule has 0 unspecified atom stereocenters. The maximum absolute atomic E-state index is 13.2. The van der Waals surface area contributed by atoms with Crippen molar-refractivity contribution >= 4 is 11.0 Å². The van der Waals surface area contributed by atoms with E-state index in [1.54, 1.807) is 32.5 Å². The molecule has 0 radical (unpaired) electrons. The molecule has 0 saturated heterocycles. The Kier molecular flexibility index (Phi) is 4.31. The van der Waals surface area contributed by atoms with Crippen LogP contribution in [0.25, 0.3) is 28.1 Å².